The monoisotopic (exact) mass is 320 g/mol. The van der Waals surface area contributed by atoms with Crippen molar-refractivity contribution in [2.75, 3.05) is 7.11 Å². The molecule has 2 atom stereocenters. The van der Waals surface area contributed by atoms with Crippen LogP contribution in [0.1, 0.15) is 22.9 Å². The number of para-hydroxylation sites is 1. The number of fused-ring (bicyclic) bond motifs is 3. The number of esters is 1. The maximum Gasteiger partial charge on any atom is 0.323 e. The Kier molecular flexibility index (Phi) is 3.82. The van der Waals surface area contributed by atoms with E-state index in [4.69, 9.17) is 4.74 Å². The van der Waals surface area contributed by atoms with Crippen molar-refractivity contribution in [3.05, 3.63) is 71.4 Å². The molecule has 0 radical (unpaired) electrons. The zero-order valence-electron chi connectivity index (χ0n) is 13.6. The third-order valence-corrected chi connectivity index (χ3v) is 4.77. The van der Waals surface area contributed by atoms with Crippen molar-refractivity contribution in [1.29, 1.82) is 0 Å². The summed E-state index contributed by atoms with van der Waals surface area (Å²) in [5.41, 5.74) is 4.76. The minimum absolute atomic E-state index is 0.0626. The average molecular weight is 320 g/mol. The number of carbonyl (C=O) groups excluding carboxylic acids is 1. The molecule has 0 aliphatic carbocycles. The molecular weight excluding hydrogens is 300 g/mol. The number of H-pyrrole nitrogens is 1. The van der Waals surface area contributed by atoms with Gasteiger partial charge in [0.25, 0.3) is 0 Å². The van der Waals surface area contributed by atoms with E-state index in [1.807, 2.05) is 30.3 Å². The SMILES string of the molecule is COC(=O)[C@H]1Cc2c([nH]c3ccccc23)[C@@H](Cc2ccccc2)N1. The van der Waals surface area contributed by atoms with Gasteiger partial charge in [0, 0.05) is 23.0 Å². The van der Waals surface area contributed by atoms with Crippen molar-refractivity contribution >= 4 is 16.9 Å². The zero-order valence-corrected chi connectivity index (χ0v) is 13.6. The molecule has 1 aromatic heterocycles. The molecule has 1 aliphatic heterocycles. The minimum Gasteiger partial charge on any atom is -0.468 e. The lowest BCUT2D eigenvalue weighted by atomic mass is 9.91. The van der Waals surface area contributed by atoms with Crippen LogP contribution < -0.4 is 5.32 Å². The molecular formula is C20H20N2O2. The van der Waals surface area contributed by atoms with Crippen molar-refractivity contribution in [3.63, 3.8) is 0 Å². The van der Waals surface area contributed by atoms with Crippen molar-refractivity contribution in [2.45, 2.75) is 24.9 Å². The fourth-order valence-corrected chi connectivity index (χ4v) is 3.63. The fourth-order valence-electron chi connectivity index (χ4n) is 3.63. The third kappa shape index (κ3) is 2.59. The van der Waals surface area contributed by atoms with Gasteiger partial charge < -0.3 is 9.72 Å². The van der Waals surface area contributed by atoms with Crippen LogP contribution in [0, 0.1) is 0 Å². The molecule has 4 heteroatoms. The summed E-state index contributed by atoms with van der Waals surface area (Å²) in [6.07, 6.45) is 1.48. The molecule has 122 valence electrons. The fraction of sp³-hybridized carbons (Fsp3) is 0.250. The van der Waals surface area contributed by atoms with Gasteiger partial charge in [0.1, 0.15) is 6.04 Å². The quantitative estimate of drug-likeness (QED) is 0.729. The molecule has 24 heavy (non-hydrogen) atoms. The smallest absolute Gasteiger partial charge is 0.323 e. The summed E-state index contributed by atoms with van der Waals surface area (Å²) in [4.78, 5) is 15.7. The summed E-state index contributed by atoms with van der Waals surface area (Å²) in [7, 11) is 1.45. The van der Waals surface area contributed by atoms with Crippen molar-refractivity contribution in [2.24, 2.45) is 0 Å². The van der Waals surface area contributed by atoms with Crippen LogP contribution >= 0.6 is 0 Å². The molecule has 2 N–H and O–H groups in total. The number of carbonyl (C=O) groups is 1. The highest BCUT2D eigenvalue weighted by molar-refractivity contribution is 5.87. The van der Waals surface area contributed by atoms with Crippen LogP contribution in [0.2, 0.25) is 0 Å². The first-order valence-electron chi connectivity index (χ1n) is 8.23. The number of hydrogen-bond acceptors (Lipinski definition) is 3. The topological polar surface area (TPSA) is 54.1 Å². The maximum absolute atomic E-state index is 12.1. The van der Waals surface area contributed by atoms with Gasteiger partial charge in [0.15, 0.2) is 0 Å². The Labute approximate surface area is 140 Å². The van der Waals surface area contributed by atoms with Crippen LogP contribution in [0.3, 0.4) is 0 Å². The summed E-state index contributed by atoms with van der Waals surface area (Å²) in [6.45, 7) is 0. The second kappa shape index (κ2) is 6.13. The van der Waals surface area contributed by atoms with Gasteiger partial charge in [-0.1, -0.05) is 48.5 Å². The number of rotatable bonds is 3. The second-order valence-corrected chi connectivity index (χ2v) is 6.25. The summed E-state index contributed by atoms with van der Waals surface area (Å²) >= 11 is 0. The predicted octanol–water partition coefficient (Wildman–Crippen LogP) is 3.14. The van der Waals surface area contributed by atoms with E-state index in [-0.39, 0.29) is 18.1 Å². The Morgan fingerprint density at radius 1 is 1.12 bits per heavy atom. The van der Waals surface area contributed by atoms with Crippen LogP contribution in [0.15, 0.2) is 54.6 Å². The zero-order chi connectivity index (χ0) is 16.5. The van der Waals surface area contributed by atoms with E-state index in [2.05, 4.69) is 34.6 Å². The Hall–Kier alpha value is -2.59. The van der Waals surface area contributed by atoms with E-state index in [0.717, 1.165) is 11.9 Å². The first-order valence-corrected chi connectivity index (χ1v) is 8.23. The van der Waals surface area contributed by atoms with Crippen LogP contribution in [0.5, 0.6) is 0 Å². The maximum atomic E-state index is 12.1. The minimum atomic E-state index is -0.310. The lowest BCUT2D eigenvalue weighted by molar-refractivity contribution is -0.143. The molecule has 4 rings (SSSR count). The first-order chi connectivity index (χ1) is 11.8. The number of aromatic nitrogens is 1. The number of hydrogen-bond donors (Lipinski definition) is 2. The van der Waals surface area contributed by atoms with Crippen molar-refractivity contribution in [1.82, 2.24) is 10.3 Å². The van der Waals surface area contributed by atoms with Crippen LogP contribution in [-0.2, 0) is 22.4 Å². The van der Waals surface area contributed by atoms with Crippen LogP contribution in [0.4, 0.5) is 0 Å². The van der Waals surface area contributed by atoms with E-state index < -0.39 is 0 Å². The molecule has 1 aliphatic rings. The molecule has 2 heterocycles. The highest BCUT2D eigenvalue weighted by Gasteiger charge is 2.33. The molecule has 0 unspecified atom stereocenters. The Morgan fingerprint density at radius 2 is 1.88 bits per heavy atom. The van der Waals surface area contributed by atoms with Gasteiger partial charge in [0.2, 0.25) is 0 Å². The van der Waals surface area contributed by atoms with Gasteiger partial charge in [-0.3, -0.25) is 10.1 Å². The molecule has 2 aromatic carbocycles. The van der Waals surface area contributed by atoms with Gasteiger partial charge >= 0.3 is 5.97 Å². The van der Waals surface area contributed by atoms with Gasteiger partial charge in [-0.05, 0) is 23.6 Å². The van der Waals surface area contributed by atoms with E-state index in [0.29, 0.717) is 6.42 Å². The lowest BCUT2D eigenvalue weighted by Crippen LogP contribution is -2.45. The largest absolute Gasteiger partial charge is 0.468 e. The van der Waals surface area contributed by atoms with E-state index >= 15 is 0 Å². The van der Waals surface area contributed by atoms with E-state index in [1.54, 1.807) is 0 Å². The van der Waals surface area contributed by atoms with Crippen LogP contribution in [-0.4, -0.2) is 24.1 Å². The highest BCUT2D eigenvalue weighted by Crippen LogP contribution is 2.33. The van der Waals surface area contributed by atoms with Crippen molar-refractivity contribution < 1.29 is 9.53 Å². The molecule has 0 spiro atoms. The highest BCUT2D eigenvalue weighted by atomic mass is 16.5. The third-order valence-electron chi connectivity index (χ3n) is 4.77. The molecule has 0 fully saturated rings. The summed E-state index contributed by atoms with van der Waals surface area (Å²) in [5.74, 6) is -0.205. The van der Waals surface area contributed by atoms with Crippen LogP contribution in [0.25, 0.3) is 10.9 Å². The summed E-state index contributed by atoms with van der Waals surface area (Å²) in [5, 5.41) is 4.66. The molecule has 0 bridgehead atoms. The van der Waals surface area contributed by atoms with E-state index in [1.165, 1.54) is 29.3 Å². The van der Waals surface area contributed by atoms with Gasteiger partial charge in [-0.25, -0.2) is 0 Å². The van der Waals surface area contributed by atoms with Crippen molar-refractivity contribution in [3.8, 4) is 0 Å². The molecule has 4 nitrogen and oxygen atoms in total. The Balaban J connectivity index is 1.76. The van der Waals surface area contributed by atoms with Gasteiger partial charge in [-0.2, -0.15) is 0 Å². The van der Waals surface area contributed by atoms with Gasteiger partial charge in [-0.15, -0.1) is 0 Å². The molecule has 0 saturated carbocycles. The number of methoxy groups -OCH3 is 1. The average Bonchev–Trinajstić information content (AvgIpc) is 3.01. The Bertz CT molecular complexity index is 870. The Morgan fingerprint density at radius 3 is 2.67 bits per heavy atom. The molecule has 0 amide bonds. The lowest BCUT2D eigenvalue weighted by Gasteiger charge is -2.30. The predicted molar refractivity (Wildman–Crippen MR) is 93.8 cm³/mol. The number of nitrogens with one attached hydrogen (secondary N) is 2. The van der Waals surface area contributed by atoms with E-state index in [9.17, 15) is 4.79 Å². The molecule has 3 aromatic rings. The molecule has 0 saturated heterocycles. The summed E-state index contributed by atoms with van der Waals surface area (Å²) < 4.78 is 4.98. The van der Waals surface area contributed by atoms with Gasteiger partial charge in [0.05, 0.1) is 13.2 Å². The standard InChI is InChI=1S/C20H20N2O2/c1-24-20(23)18-12-15-14-9-5-6-10-16(14)22-19(15)17(21-18)11-13-7-3-2-4-8-13/h2-10,17-18,21-22H,11-12H2,1H3/t17-,18-/m1/s1. The summed E-state index contributed by atoms with van der Waals surface area (Å²) in [6, 6.07) is 18.4. The normalized spacial score (nSPS) is 19.9. The number of aromatic amines is 1. The first kappa shape index (κ1) is 15.0. The second-order valence-electron chi connectivity index (χ2n) is 6.25. The number of benzene rings is 2. The number of ether oxygens (including phenoxy) is 1.